The van der Waals surface area contributed by atoms with E-state index in [2.05, 4.69) is 29.0 Å². The number of hydrogen-bond acceptors (Lipinski definition) is 5. The number of piperidine rings is 2. The van der Waals surface area contributed by atoms with Crippen molar-refractivity contribution in [3.63, 3.8) is 0 Å². The molecule has 6 heteroatoms. The van der Waals surface area contributed by atoms with Crippen LogP contribution in [0.2, 0.25) is 0 Å². The van der Waals surface area contributed by atoms with Gasteiger partial charge in [-0.05, 0) is 70.1 Å². The number of hydrogen-bond donors (Lipinski definition) is 1. The van der Waals surface area contributed by atoms with Gasteiger partial charge in [0.1, 0.15) is 6.61 Å². The number of amides is 1. The molecule has 1 atom stereocenters. The largest absolute Gasteiger partial charge is 0.379 e. The quantitative estimate of drug-likeness (QED) is 0.553. The monoisotopic (exact) mass is 383 g/mol. The van der Waals surface area contributed by atoms with Crippen LogP contribution in [0.25, 0.3) is 0 Å². The first kappa shape index (κ1) is 22.6. The number of carbonyl (C=O) groups is 1. The van der Waals surface area contributed by atoms with Gasteiger partial charge in [-0.15, -0.1) is 0 Å². The molecule has 0 bridgehead atoms. The van der Waals surface area contributed by atoms with E-state index in [-0.39, 0.29) is 12.5 Å². The molecule has 2 rings (SSSR count). The zero-order valence-electron chi connectivity index (χ0n) is 17.8. The molecule has 158 valence electrons. The van der Waals surface area contributed by atoms with E-state index in [4.69, 9.17) is 9.47 Å². The van der Waals surface area contributed by atoms with Crippen molar-refractivity contribution in [1.29, 1.82) is 0 Å². The van der Waals surface area contributed by atoms with E-state index in [0.717, 1.165) is 25.0 Å². The van der Waals surface area contributed by atoms with Gasteiger partial charge in [0.15, 0.2) is 0 Å². The highest BCUT2D eigenvalue weighted by Crippen LogP contribution is 2.24. The molecule has 6 nitrogen and oxygen atoms in total. The minimum atomic E-state index is -0.0952. The molecule has 0 spiro atoms. The fraction of sp³-hybridized carbons (Fsp3) is 0.952. The van der Waals surface area contributed by atoms with Crippen LogP contribution in [0.15, 0.2) is 0 Å². The Hall–Kier alpha value is -0.690. The lowest BCUT2D eigenvalue weighted by Gasteiger charge is -2.41. The van der Waals surface area contributed by atoms with Gasteiger partial charge >= 0.3 is 0 Å². The summed E-state index contributed by atoms with van der Waals surface area (Å²) in [5, 5.41) is 2.53. The van der Waals surface area contributed by atoms with Crippen molar-refractivity contribution in [1.82, 2.24) is 15.1 Å². The summed E-state index contributed by atoms with van der Waals surface area (Å²) in [6, 6.07) is 0.821. The maximum absolute atomic E-state index is 11.0. The number of likely N-dealkylation sites (tertiary alicyclic amines) is 2. The lowest BCUT2D eigenvalue weighted by atomic mass is 9.94. The Morgan fingerprint density at radius 3 is 2.37 bits per heavy atom. The molecule has 1 N–H and O–H groups in total. The van der Waals surface area contributed by atoms with Crippen LogP contribution in [0.1, 0.15) is 46.0 Å². The van der Waals surface area contributed by atoms with Crippen LogP contribution < -0.4 is 5.32 Å². The molecule has 2 heterocycles. The van der Waals surface area contributed by atoms with E-state index >= 15 is 0 Å². The number of nitrogens with zero attached hydrogens (tertiary/aromatic N) is 2. The molecule has 0 saturated carbocycles. The van der Waals surface area contributed by atoms with Gasteiger partial charge in [-0.25, -0.2) is 0 Å². The summed E-state index contributed by atoms with van der Waals surface area (Å²) in [4.78, 5) is 16.4. The maximum atomic E-state index is 11.0. The normalized spacial score (nSPS) is 22.0. The van der Waals surface area contributed by atoms with Crippen LogP contribution in [0.3, 0.4) is 0 Å². The topological polar surface area (TPSA) is 54.0 Å². The van der Waals surface area contributed by atoms with E-state index in [1.165, 1.54) is 58.4 Å². The molecular formula is C21H41N3O3. The lowest BCUT2D eigenvalue weighted by molar-refractivity contribution is -0.125. The first-order valence-corrected chi connectivity index (χ1v) is 10.9. The summed E-state index contributed by atoms with van der Waals surface area (Å²) in [7, 11) is 1.61. The highest BCUT2D eigenvalue weighted by Gasteiger charge is 2.27. The number of likely N-dealkylation sites (N-methyl/N-ethyl adjacent to an activating group) is 1. The number of carbonyl (C=O) groups excluding carboxylic acids is 1. The van der Waals surface area contributed by atoms with Crippen molar-refractivity contribution in [2.45, 2.75) is 52.0 Å². The van der Waals surface area contributed by atoms with Crippen LogP contribution in [0, 0.1) is 11.8 Å². The number of rotatable bonds is 11. The first-order valence-electron chi connectivity index (χ1n) is 10.9. The smallest absolute Gasteiger partial charge is 0.245 e. The van der Waals surface area contributed by atoms with Gasteiger partial charge in [0.05, 0.1) is 13.2 Å². The van der Waals surface area contributed by atoms with Gasteiger partial charge in [-0.3, -0.25) is 4.79 Å². The standard InChI is InChI=1S/C21H41N3O3/c1-18-4-11-24(12-5-18)20-6-9-23(10-7-20)16-19(2)8-13-26-14-15-27-17-21(25)22-3/h18-20H,4-17H2,1-3H3,(H,22,25)/t19-/m1/s1. The van der Waals surface area contributed by atoms with Crippen LogP contribution >= 0.6 is 0 Å². The first-order chi connectivity index (χ1) is 13.1. The van der Waals surface area contributed by atoms with Gasteiger partial charge in [-0.1, -0.05) is 13.8 Å². The average Bonchev–Trinajstić information content (AvgIpc) is 2.68. The van der Waals surface area contributed by atoms with Gasteiger partial charge < -0.3 is 24.6 Å². The molecule has 0 aliphatic carbocycles. The van der Waals surface area contributed by atoms with Gasteiger partial charge in [0.2, 0.25) is 5.91 Å². The summed E-state index contributed by atoms with van der Waals surface area (Å²) in [6.45, 7) is 12.9. The van der Waals surface area contributed by atoms with Crippen molar-refractivity contribution in [3.05, 3.63) is 0 Å². The van der Waals surface area contributed by atoms with Crippen LogP contribution in [0.4, 0.5) is 0 Å². The predicted molar refractivity (Wildman–Crippen MR) is 109 cm³/mol. The fourth-order valence-corrected chi connectivity index (χ4v) is 4.13. The Labute approximate surface area is 165 Å². The predicted octanol–water partition coefficient (Wildman–Crippen LogP) is 1.99. The lowest BCUT2D eigenvalue weighted by Crippen LogP contribution is -2.48. The van der Waals surface area contributed by atoms with Gasteiger partial charge in [-0.2, -0.15) is 0 Å². The zero-order valence-corrected chi connectivity index (χ0v) is 17.8. The summed E-state index contributed by atoms with van der Waals surface area (Å²) >= 11 is 0. The summed E-state index contributed by atoms with van der Waals surface area (Å²) in [5.41, 5.74) is 0. The van der Waals surface area contributed by atoms with Gasteiger partial charge in [0, 0.05) is 26.2 Å². The van der Waals surface area contributed by atoms with Crippen LogP contribution in [0.5, 0.6) is 0 Å². The van der Waals surface area contributed by atoms with E-state index in [1.54, 1.807) is 7.05 Å². The van der Waals surface area contributed by atoms with Crippen LogP contribution in [-0.4, -0.2) is 87.9 Å². The second-order valence-electron chi connectivity index (χ2n) is 8.48. The Bertz CT molecular complexity index is 405. The molecule has 2 fully saturated rings. The van der Waals surface area contributed by atoms with Crippen molar-refractivity contribution in [2.75, 3.05) is 66.2 Å². The van der Waals surface area contributed by atoms with Crippen molar-refractivity contribution < 1.29 is 14.3 Å². The average molecular weight is 384 g/mol. The van der Waals surface area contributed by atoms with Gasteiger partial charge in [0.25, 0.3) is 0 Å². The van der Waals surface area contributed by atoms with Crippen molar-refractivity contribution in [2.24, 2.45) is 11.8 Å². The minimum absolute atomic E-state index is 0.0952. The van der Waals surface area contributed by atoms with E-state index < -0.39 is 0 Å². The number of ether oxygens (including phenoxy) is 2. The Kier molecular flexibility index (Phi) is 10.6. The van der Waals surface area contributed by atoms with E-state index in [9.17, 15) is 4.79 Å². The third-order valence-electron chi connectivity index (χ3n) is 6.10. The molecular weight excluding hydrogens is 342 g/mol. The van der Waals surface area contributed by atoms with E-state index in [1.807, 2.05) is 0 Å². The molecule has 2 saturated heterocycles. The minimum Gasteiger partial charge on any atom is -0.379 e. The molecule has 27 heavy (non-hydrogen) atoms. The Morgan fingerprint density at radius 2 is 1.70 bits per heavy atom. The molecule has 0 aromatic carbocycles. The number of nitrogens with one attached hydrogen (secondary N) is 1. The van der Waals surface area contributed by atoms with E-state index in [0.29, 0.717) is 19.1 Å². The second-order valence-corrected chi connectivity index (χ2v) is 8.48. The third-order valence-corrected chi connectivity index (χ3v) is 6.10. The Balaban J connectivity index is 1.47. The second kappa shape index (κ2) is 12.7. The molecule has 0 radical (unpaired) electrons. The summed E-state index contributed by atoms with van der Waals surface area (Å²) in [5.74, 6) is 1.48. The van der Waals surface area contributed by atoms with Crippen molar-refractivity contribution >= 4 is 5.91 Å². The third kappa shape index (κ3) is 8.90. The zero-order chi connectivity index (χ0) is 19.5. The molecule has 0 aromatic rings. The molecule has 0 aromatic heterocycles. The highest BCUT2D eigenvalue weighted by molar-refractivity contribution is 5.76. The highest BCUT2D eigenvalue weighted by atomic mass is 16.5. The molecule has 0 unspecified atom stereocenters. The Morgan fingerprint density at radius 1 is 1.04 bits per heavy atom. The molecule has 1 amide bonds. The molecule has 2 aliphatic heterocycles. The van der Waals surface area contributed by atoms with Crippen molar-refractivity contribution in [3.8, 4) is 0 Å². The molecule has 2 aliphatic rings. The SMILES string of the molecule is CNC(=O)COCCOCC[C@@H](C)CN1CCC(N2CCC(C)CC2)CC1. The fourth-order valence-electron chi connectivity index (χ4n) is 4.13. The maximum Gasteiger partial charge on any atom is 0.245 e. The van der Waals surface area contributed by atoms with Crippen LogP contribution in [-0.2, 0) is 14.3 Å². The summed E-state index contributed by atoms with van der Waals surface area (Å²) < 4.78 is 10.9. The summed E-state index contributed by atoms with van der Waals surface area (Å²) in [6.07, 6.45) is 6.52.